The summed E-state index contributed by atoms with van der Waals surface area (Å²) >= 11 is 5.86. The summed E-state index contributed by atoms with van der Waals surface area (Å²) in [7, 11) is 0. The minimum Gasteiger partial charge on any atom is -0.269 e. The van der Waals surface area contributed by atoms with E-state index < -0.39 is 0 Å². The van der Waals surface area contributed by atoms with Crippen LogP contribution in [0.4, 0.5) is 0 Å². The molecular weight excluding hydrogens is 222 g/mol. The summed E-state index contributed by atoms with van der Waals surface area (Å²) in [6, 6.07) is 2.30. The van der Waals surface area contributed by atoms with Gasteiger partial charge in [-0.3, -0.25) is 4.68 Å². The normalized spacial score (nSPS) is 11.5. The first kappa shape index (κ1) is 13.1. The Hall–Kier alpha value is -1.01. The number of halogens is 1. The molecule has 0 radical (unpaired) electrons. The Morgan fingerprint density at radius 3 is 2.50 bits per heavy atom. The second-order valence-corrected chi connectivity index (χ2v) is 5.02. The fourth-order valence-corrected chi connectivity index (χ4v) is 1.97. The van der Waals surface area contributed by atoms with Crippen LogP contribution in [-0.2, 0) is 12.4 Å². The lowest BCUT2D eigenvalue weighted by molar-refractivity contribution is 0.395. The molecule has 0 aliphatic carbocycles. The molecule has 0 amide bonds. The second-order valence-electron chi connectivity index (χ2n) is 4.75. The maximum atomic E-state index is 8.95. The number of rotatable bonds is 4. The van der Waals surface area contributed by atoms with E-state index in [2.05, 4.69) is 11.2 Å². The van der Waals surface area contributed by atoms with E-state index in [4.69, 9.17) is 16.9 Å². The summed E-state index contributed by atoms with van der Waals surface area (Å²) in [6.07, 6.45) is 0.799. The molecule has 0 unspecified atom stereocenters. The Balaban J connectivity index is 2.80. The lowest BCUT2D eigenvalue weighted by Crippen LogP contribution is -2.14. The molecule has 0 aliphatic heterocycles. The molecule has 0 saturated carbocycles. The van der Waals surface area contributed by atoms with Gasteiger partial charge in [-0.2, -0.15) is 10.4 Å². The predicted octanol–water partition coefficient (Wildman–Crippen LogP) is 3.18. The SMILES string of the molecule is Cc1nn(CCC(C)(C)C#N)c(C)c1CCl. The van der Waals surface area contributed by atoms with Crippen molar-refractivity contribution in [1.29, 1.82) is 5.26 Å². The first-order valence-corrected chi connectivity index (χ1v) is 5.95. The fraction of sp³-hybridized carbons (Fsp3) is 0.667. The van der Waals surface area contributed by atoms with Crippen molar-refractivity contribution < 1.29 is 0 Å². The average Bonchev–Trinajstić information content (AvgIpc) is 2.51. The van der Waals surface area contributed by atoms with Crippen LogP contribution >= 0.6 is 11.6 Å². The zero-order valence-corrected chi connectivity index (χ0v) is 11.1. The molecule has 1 heterocycles. The molecule has 1 rings (SSSR count). The molecule has 0 N–H and O–H groups in total. The zero-order chi connectivity index (χ0) is 12.3. The molecule has 0 aliphatic rings. The topological polar surface area (TPSA) is 41.6 Å². The third-order valence-corrected chi connectivity index (χ3v) is 3.18. The molecule has 0 aromatic carbocycles. The molecule has 0 fully saturated rings. The zero-order valence-electron chi connectivity index (χ0n) is 10.3. The molecule has 1 aromatic rings. The van der Waals surface area contributed by atoms with Crippen LogP contribution in [0.1, 0.15) is 37.2 Å². The minimum absolute atomic E-state index is 0.298. The summed E-state index contributed by atoms with van der Waals surface area (Å²) in [5.74, 6) is 0.499. The third-order valence-electron chi connectivity index (χ3n) is 2.92. The Bertz CT molecular complexity index is 413. The summed E-state index contributed by atoms with van der Waals surface area (Å²) in [5, 5.41) is 13.4. The van der Waals surface area contributed by atoms with Crippen molar-refractivity contribution in [3.05, 3.63) is 17.0 Å². The van der Waals surface area contributed by atoms with Gasteiger partial charge in [-0.1, -0.05) is 0 Å². The number of alkyl halides is 1. The highest BCUT2D eigenvalue weighted by Crippen LogP contribution is 2.21. The molecule has 4 heteroatoms. The summed E-state index contributed by atoms with van der Waals surface area (Å²) in [5.41, 5.74) is 2.91. The quantitative estimate of drug-likeness (QED) is 0.758. The van der Waals surface area contributed by atoms with Crippen molar-refractivity contribution in [2.75, 3.05) is 0 Å². The van der Waals surface area contributed by atoms with Crippen molar-refractivity contribution in [2.24, 2.45) is 5.41 Å². The Morgan fingerprint density at radius 2 is 2.06 bits per heavy atom. The first-order valence-electron chi connectivity index (χ1n) is 5.41. The lowest BCUT2D eigenvalue weighted by atomic mass is 9.91. The van der Waals surface area contributed by atoms with Gasteiger partial charge >= 0.3 is 0 Å². The van der Waals surface area contributed by atoms with Gasteiger partial charge in [0.05, 0.1) is 23.1 Å². The van der Waals surface area contributed by atoms with E-state index in [0.717, 1.165) is 29.9 Å². The Labute approximate surface area is 102 Å². The van der Waals surface area contributed by atoms with E-state index in [1.54, 1.807) is 0 Å². The van der Waals surface area contributed by atoms with Gasteiger partial charge in [0.2, 0.25) is 0 Å². The van der Waals surface area contributed by atoms with E-state index in [-0.39, 0.29) is 5.41 Å². The maximum Gasteiger partial charge on any atom is 0.0684 e. The standard InChI is InChI=1S/C12H18ClN3/c1-9-11(7-13)10(2)16(15-9)6-5-12(3,4)8-14/h5-7H2,1-4H3. The lowest BCUT2D eigenvalue weighted by Gasteiger charge is -2.15. The van der Waals surface area contributed by atoms with Crippen LogP contribution < -0.4 is 0 Å². The van der Waals surface area contributed by atoms with Gasteiger partial charge in [-0.05, 0) is 34.1 Å². The van der Waals surface area contributed by atoms with Gasteiger partial charge in [0, 0.05) is 17.8 Å². The van der Waals surface area contributed by atoms with E-state index in [1.165, 1.54) is 0 Å². The van der Waals surface area contributed by atoms with Gasteiger partial charge < -0.3 is 0 Å². The largest absolute Gasteiger partial charge is 0.269 e. The molecular formula is C12H18ClN3. The Morgan fingerprint density at radius 1 is 1.44 bits per heavy atom. The Kier molecular flexibility index (Phi) is 3.98. The molecule has 0 bridgehead atoms. The van der Waals surface area contributed by atoms with Gasteiger partial charge in [0.15, 0.2) is 0 Å². The van der Waals surface area contributed by atoms with E-state index in [9.17, 15) is 0 Å². The minimum atomic E-state index is -0.298. The summed E-state index contributed by atoms with van der Waals surface area (Å²) in [4.78, 5) is 0. The van der Waals surface area contributed by atoms with E-state index in [0.29, 0.717) is 5.88 Å². The number of hydrogen-bond donors (Lipinski definition) is 0. The smallest absolute Gasteiger partial charge is 0.0684 e. The molecule has 1 aromatic heterocycles. The third kappa shape index (κ3) is 2.76. The monoisotopic (exact) mass is 239 g/mol. The van der Waals surface area contributed by atoms with Crippen LogP contribution in [0.3, 0.4) is 0 Å². The van der Waals surface area contributed by atoms with Crippen molar-refractivity contribution in [3.63, 3.8) is 0 Å². The highest BCUT2D eigenvalue weighted by molar-refractivity contribution is 6.17. The predicted molar refractivity (Wildman–Crippen MR) is 65.3 cm³/mol. The van der Waals surface area contributed by atoms with Crippen LogP contribution in [0.5, 0.6) is 0 Å². The number of aryl methyl sites for hydroxylation is 2. The van der Waals surface area contributed by atoms with Crippen LogP contribution in [0.15, 0.2) is 0 Å². The van der Waals surface area contributed by atoms with E-state index >= 15 is 0 Å². The van der Waals surface area contributed by atoms with Gasteiger partial charge in [-0.15, -0.1) is 11.6 Å². The van der Waals surface area contributed by atoms with Crippen molar-refractivity contribution >= 4 is 11.6 Å². The van der Waals surface area contributed by atoms with Crippen LogP contribution in [0, 0.1) is 30.6 Å². The molecule has 88 valence electrons. The molecule has 16 heavy (non-hydrogen) atoms. The number of nitriles is 1. The van der Waals surface area contributed by atoms with Crippen molar-refractivity contribution in [3.8, 4) is 6.07 Å². The molecule has 0 saturated heterocycles. The molecule has 3 nitrogen and oxygen atoms in total. The second kappa shape index (κ2) is 4.88. The van der Waals surface area contributed by atoms with Crippen molar-refractivity contribution in [1.82, 2.24) is 9.78 Å². The summed E-state index contributed by atoms with van der Waals surface area (Å²) in [6.45, 7) is 8.65. The first-order chi connectivity index (χ1) is 7.41. The van der Waals surface area contributed by atoms with Gasteiger partial charge in [0.25, 0.3) is 0 Å². The fourth-order valence-electron chi connectivity index (χ4n) is 1.59. The number of hydrogen-bond acceptors (Lipinski definition) is 2. The number of nitrogens with zero attached hydrogens (tertiary/aromatic N) is 3. The average molecular weight is 240 g/mol. The molecule has 0 atom stereocenters. The van der Waals surface area contributed by atoms with Gasteiger partial charge in [0.1, 0.15) is 0 Å². The van der Waals surface area contributed by atoms with Gasteiger partial charge in [-0.25, -0.2) is 0 Å². The van der Waals surface area contributed by atoms with Crippen LogP contribution in [0.2, 0.25) is 0 Å². The number of aromatic nitrogens is 2. The van der Waals surface area contributed by atoms with E-state index in [1.807, 2.05) is 32.4 Å². The van der Waals surface area contributed by atoms with Crippen molar-refractivity contribution in [2.45, 2.75) is 46.5 Å². The maximum absolute atomic E-state index is 8.95. The highest BCUT2D eigenvalue weighted by Gasteiger charge is 2.18. The molecule has 0 spiro atoms. The summed E-state index contributed by atoms with van der Waals surface area (Å²) < 4.78 is 1.95. The van der Waals surface area contributed by atoms with Crippen LogP contribution in [0.25, 0.3) is 0 Å². The van der Waals surface area contributed by atoms with Crippen LogP contribution in [-0.4, -0.2) is 9.78 Å². The highest BCUT2D eigenvalue weighted by atomic mass is 35.5.